The molecule has 1 aromatic rings. The van der Waals surface area contributed by atoms with E-state index in [9.17, 15) is 13.2 Å². The molecule has 1 N–H and O–H groups in total. The third-order valence-corrected chi connectivity index (χ3v) is 4.97. The summed E-state index contributed by atoms with van der Waals surface area (Å²) >= 11 is 0. The molecule has 0 bridgehead atoms. The zero-order chi connectivity index (χ0) is 13.9. The van der Waals surface area contributed by atoms with Crippen LogP contribution in [0.3, 0.4) is 0 Å². The number of pyridine rings is 1. The molecule has 2 amide bonds. The van der Waals surface area contributed by atoms with Crippen molar-refractivity contribution in [2.45, 2.75) is 19.0 Å². The summed E-state index contributed by atoms with van der Waals surface area (Å²) in [7, 11) is -1.35. The van der Waals surface area contributed by atoms with Crippen LogP contribution in [0.2, 0.25) is 0 Å². The maximum absolute atomic E-state index is 11.9. The van der Waals surface area contributed by atoms with Gasteiger partial charge in [-0.25, -0.2) is 13.2 Å². The van der Waals surface area contributed by atoms with E-state index in [4.69, 9.17) is 0 Å². The summed E-state index contributed by atoms with van der Waals surface area (Å²) in [5.74, 6) is 0.218. The second-order valence-electron chi connectivity index (χ2n) is 4.65. The number of nitrogens with zero attached hydrogens (tertiary/aromatic N) is 2. The Hall–Kier alpha value is -1.63. The van der Waals surface area contributed by atoms with Gasteiger partial charge >= 0.3 is 6.03 Å². The first kappa shape index (κ1) is 13.8. The Balaban J connectivity index is 1.87. The van der Waals surface area contributed by atoms with Crippen molar-refractivity contribution < 1.29 is 13.2 Å². The van der Waals surface area contributed by atoms with Crippen molar-refractivity contribution >= 4 is 15.9 Å². The Kier molecular flexibility index (Phi) is 4.04. The van der Waals surface area contributed by atoms with Crippen LogP contribution in [0.25, 0.3) is 0 Å². The second kappa shape index (κ2) is 5.56. The lowest BCUT2D eigenvalue weighted by Crippen LogP contribution is -2.43. The lowest BCUT2D eigenvalue weighted by Gasteiger charge is -2.23. The van der Waals surface area contributed by atoms with E-state index in [0.29, 0.717) is 13.0 Å². The van der Waals surface area contributed by atoms with Crippen molar-refractivity contribution in [1.29, 1.82) is 0 Å². The Morgan fingerprint density at radius 2 is 2.32 bits per heavy atom. The number of sulfone groups is 1. The van der Waals surface area contributed by atoms with Gasteiger partial charge in [0.1, 0.15) is 0 Å². The number of nitrogens with one attached hydrogen (secondary N) is 1. The first-order valence-electron chi connectivity index (χ1n) is 6.09. The molecule has 104 valence electrons. The highest BCUT2D eigenvalue weighted by molar-refractivity contribution is 7.91. The molecule has 0 spiro atoms. The third kappa shape index (κ3) is 3.66. The molecule has 2 rings (SSSR count). The molecule has 1 atom stereocenters. The minimum atomic E-state index is -2.98. The first-order valence-corrected chi connectivity index (χ1v) is 7.91. The summed E-state index contributed by atoms with van der Waals surface area (Å²) in [6, 6.07) is 4.98. The van der Waals surface area contributed by atoms with E-state index >= 15 is 0 Å². The topological polar surface area (TPSA) is 79.4 Å². The maximum Gasteiger partial charge on any atom is 0.317 e. The molecular formula is C12H17N3O3S. The molecule has 1 saturated heterocycles. The number of amides is 2. The number of hydrogen-bond acceptors (Lipinski definition) is 4. The lowest BCUT2D eigenvalue weighted by molar-refractivity contribution is 0.194. The average molecular weight is 283 g/mol. The van der Waals surface area contributed by atoms with E-state index in [1.807, 2.05) is 12.1 Å². The van der Waals surface area contributed by atoms with Gasteiger partial charge in [-0.15, -0.1) is 0 Å². The van der Waals surface area contributed by atoms with Crippen molar-refractivity contribution in [3.8, 4) is 0 Å². The van der Waals surface area contributed by atoms with Crippen LogP contribution in [-0.4, -0.2) is 48.9 Å². The highest BCUT2D eigenvalue weighted by Gasteiger charge is 2.32. The number of urea groups is 1. The normalized spacial score (nSPS) is 21.0. The van der Waals surface area contributed by atoms with Crippen LogP contribution in [0, 0.1) is 0 Å². The molecule has 6 nitrogen and oxygen atoms in total. The minimum Gasteiger partial charge on any atom is -0.332 e. The molecule has 1 fully saturated rings. The summed E-state index contributed by atoms with van der Waals surface area (Å²) in [6.07, 6.45) is 2.17. The number of aromatic nitrogens is 1. The summed E-state index contributed by atoms with van der Waals surface area (Å²) in [5, 5.41) is 2.73. The number of carbonyl (C=O) groups is 1. The SMILES string of the molecule is CN(C(=O)NCc1ccccn1)[C@@H]1CCS(=O)(=O)C1. The fourth-order valence-corrected chi connectivity index (χ4v) is 3.81. The van der Waals surface area contributed by atoms with Crippen LogP contribution in [0.4, 0.5) is 4.79 Å². The zero-order valence-electron chi connectivity index (χ0n) is 10.7. The molecular weight excluding hydrogens is 266 g/mol. The Morgan fingerprint density at radius 3 is 2.89 bits per heavy atom. The highest BCUT2D eigenvalue weighted by Crippen LogP contribution is 2.16. The fraction of sp³-hybridized carbons (Fsp3) is 0.500. The van der Waals surface area contributed by atoms with Gasteiger partial charge in [0.05, 0.1) is 23.7 Å². The van der Waals surface area contributed by atoms with Gasteiger partial charge in [-0.3, -0.25) is 4.98 Å². The van der Waals surface area contributed by atoms with Gasteiger partial charge in [0.2, 0.25) is 0 Å². The van der Waals surface area contributed by atoms with Gasteiger partial charge < -0.3 is 10.2 Å². The van der Waals surface area contributed by atoms with Gasteiger partial charge in [0.25, 0.3) is 0 Å². The van der Waals surface area contributed by atoms with Crippen LogP contribution in [0.5, 0.6) is 0 Å². The molecule has 0 unspecified atom stereocenters. The molecule has 0 radical (unpaired) electrons. The minimum absolute atomic E-state index is 0.0561. The second-order valence-corrected chi connectivity index (χ2v) is 6.88. The van der Waals surface area contributed by atoms with Crippen LogP contribution < -0.4 is 5.32 Å². The molecule has 7 heteroatoms. The van der Waals surface area contributed by atoms with Crippen molar-refractivity contribution in [3.63, 3.8) is 0 Å². The van der Waals surface area contributed by atoms with Crippen LogP contribution in [-0.2, 0) is 16.4 Å². The number of hydrogen-bond donors (Lipinski definition) is 1. The van der Waals surface area contributed by atoms with Crippen molar-refractivity contribution in [2.75, 3.05) is 18.6 Å². The largest absolute Gasteiger partial charge is 0.332 e. The molecule has 0 saturated carbocycles. The molecule has 1 aliphatic rings. The number of rotatable bonds is 3. The summed E-state index contributed by atoms with van der Waals surface area (Å²) in [5.41, 5.74) is 0.767. The van der Waals surface area contributed by atoms with Crippen LogP contribution in [0.15, 0.2) is 24.4 Å². The van der Waals surface area contributed by atoms with E-state index in [2.05, 4.69) is 10.3 Å². The van der Waals surface area contributed by atoms with Gasteiger partial charge in [0.15, 0.2) is 9.84 Å². The molecule has 1 aliphatic heterocycles. The lowest BCUT2D eigenvalue weighted by atomic mass is 10.2. The molecule has 0 aromatic carbocycles. The van der Waals surface area contributed by atoms with E-state index in [-0.39, 0.29) is 23.6 Å². The predicted molar refractivity (Wildman–Crippen MR) is 71.3 cm³/mol. The fourth-order valence-electron chi connectivity index (χ4n) is 2.04. The van der Waals surface area contributed by atoms with E-state index in [1.165, 1.54) is 4.90 Å². The first-order chi connectivity index (χ1) is 8.98. The van der Waals surface area contributed by atoms with Crippen molar-refractivity contribution in [1.82, 2.24) is 15.2 Å². The van der Waals surface area contributed by atoms with Crippen LogP contribution >= 0.6 is 0 Å². The van der Waals surface area contributed by atoms with E-state index in [0.717, 1.165) is 5.69 Å². The zero-order valence-corrected chi connectivity index (χ0v) is 11.6. The van der Waals surface area contributed by atoms with Gasteiger partial charge in [0, 0.05) is 19.3 Å². The highest BCUT2D eigenvalue weighted by atomic mass is 32.2. The number of carbonyl (C=O) groups excluding carboxylic acids is 1. The molecule has 19 heavy (non-hydrogen) atoms. The summed E-state index contributed by atoms with van der Waals surface area (Å²) < 4.78 is 22.8. The summed E-state index contributed by atoms with van der Waals surface area (Å²) in [4.78, 5) is 17.5. The quantitative estimate of drug-likeness (QED) is 0.871. The third-order valence-electron chi connectivity index (χ3n) is 3.22. The molecule has 2 heterocycles. The van der Waals surface area contributed by atoms with Gasteiger partial charge in [-0.2, -0.15) is 0 Å². The molecule has 0 aliphatic carbocycles. The van der Waals surface area contributed by atoms with Gasteiger partial charge in [-0.05, 0) is 18.6 Å². The van der Waals surface area contributed by atoms with E-state index < -0.39 is 9.84 Å². The van der Waals surface area contributed by atoms with Crippen LogP contribution in [0.1, 0.15) is 12.1 Å². The smallest absolute Gasteiger partial charge is 0.317 e. The van der Waals surface area contributed by atoms with Crippen molar-refractivity contribution in [2.24, 2.45) is 0 Å². The van der Waals surface area contributed by atoms with E-state index in [1.54, 1.807) is 19.3 Å². The standard InChI is InChI=1S/C12H17N3O3S/c1-15(11-5-7-19(17,18)9-11)12(16)14-8-10-4-2-3-6-13-10/h2-4,6,11H,5,7-9H2,1H3,(H,14,16)/t11-/m1/s1. The molecule has 1 aromatic heterocycles. The monoisotopic (exact) mass is 283 g/mol. The van der Waals surface area contributed by atoms with Gasteiger partial charge in [-0.1, -0.05) is 6.07 Å². The maximum atomic E-state index is 11.9. The predicted octanol–water partition coefficient (Wildman–Crippen LogP) is 0.410. The average Bonchev–Trinajstić information content (AvgIpc) is 2.76. The Morgan fingerprint density at radius 1 is 1.53 bits per heavy atom. The summed E-state index contributed by atoms with van der Waals surface area (Å²) in [6.45, 7) is 0.337. The van der Waals surface area contributed by atoms with Crippen molar-refractivity contribution in [3.05, 3.63) is 30.1 Å². The Bertz CT molecular complexity index is 545. The Labute approximate surface area is 112 Å².